The number of rotatable bonds is 45. The molecule has 6 heteroatoms. The number of allylic oxidation sites excluding steroid dienone is 22. The number of carbonyl (C=O) groups is 3. The molecule has 0 heterocycles. The van der Waals surface area contributed by atoms with Gasteiger partial charge in [0.2, 0.25) is 0 Å². The fraction of sp³-hybridized carbons (Fsp3) is 0.583. The predicted octanol–water partition coefficient (Wildman–Crippen LogP) is 17.5. The molecule has 0 bridgehead atoms. The van der Waals surface area contributed by atoms with Crippen LogP contribution in [-0.4, -0.2) is 37.2 Å². The maximum Gasteiger partial charge on any atom is 0.306 e. The lowest BCUT2D eigenvalue weighted by Crippen LogP contribution is -2.30. The zero-order valence-corrected chi connectivity index (χ0v) is 42.1. The Morgan fingerprint density at radius 1 is 0.318 bits per heavy atom. The molecule has 0 saturated carbocycles. The molecule has 0 spiro atoms. The summed E-state index contributed by atoms with van der Waals surface area (Å²) in [4.78, 5) is 38.0. The van der Waals surface area contributed by atoms with Crippen LogP contribution in [0.15, 0.2) is 134 Å². The minimum absolute atomic E-state index is 0.121. The van der Waals surface area contributed by atoms with Gasteiger partial charge in [0.1, 0.15) is 13.2 Å². The number of hydrogen-bond donors (Lipinski definition) is 0. The molecule has 0 aliphatic heterocycles. The molecule has 370 valence electrons. The van der Waals surface area contributed by atoms with Crippen molar-refractivity contribution >= 4 is 17.9 Å². The van der Waals surface area contributed by atoms with Crippen LogP contribution in [0.5, 0.6) is 0 Å². The smallest absolute Gasteiger partial charge is 0.306 e. The molecule has 0 aliphatic carbocycles. The van der Waals surface area contributed by atoms with Crippen molar-refractivity contribution in [3.8, 4) is 0 Å². The van der Waals surface area contributed by atoms with Crippen LogP contribution in [0.1, 0.15) is 207 Å². The molecule has 66 heavy (non-hydrogen) atoms. The second kappa shape index (κ2) is 53.2. The number of esters is 3. The van der Waals surface area contributed by atoms with Gasteiger partial charge in [-0.3, -0.25) is 14.4 Å². The largest absolute Gasteiger partial charge is 0.462 e. The lowest BCUT2D eigenvalue weighted by Gasteiger charge is -2.18. The second-order valence-corrected chi connectivity index (χ2v) is 16.7. The van der Waals surface area contributed by atoms with Crippen molar-refractivity contribution in [1.82, 2.24) is 0 Å². The fourth-order valence-electron chi connectivity index (χ4n) is 6.50. The van der Waals surface area contributed by atoms with Crippen molar-refractivity contribution in [2.75, 3.05) is 13.2 Å². The maximum absolute atomic E-state index is 12.8. The number of ether oxygens (including phenoxy) is 3. The van der Waals surface area contributed by atoms with E-state index in [1.807, 2.05) is 12.2 Å². The highest BCUT2D eigenvalue weighted by Gasteiger charge is 2.19. The molecule has 0 rings (SSSR count). The summed E-state index contributed by atoms with van der Waals surface area (Å²) in [5.74, 6) is -1.05. The van der Waals surface area contributed by atoms with Gasteiger partial charge in [-0.15, -0.1) is 0 Å². The Morgan fingerprint density at radius 2 is 0.621 bits per heavy atom. The van der Waals surface area contributed by atoms with Crippen LogP contribution in [0.3, 0.4) is 0 Å². The highest BCUT2D eigenvalue weighted by Crippen LogP contribution is 2.12. The molecule has 0 amide bonds. The van der Waals surface area contributed by atoms with Crippen LogP contribution >= 0.6 is 0 Å². The first-order valence-electron chi connectivity index (χ1n) is 26.2. The van der Waals surface area contributed by atoms with Crippen molar-refractivity contribution in [3.63, 3.8) is 0 Å². The maximum atomic E-state index is 12.8. The number of hydrogen-bond acceptors (Lipinski definition) is 6. The van der Waals surface area contributed by atoms with Crippen LogP contribution in [0.4, 0.5) is 0 Å². The summed E-state index contributed by atoms with van der Waals surface area (Å²) in [5, 5.41) is 0. The Labute approximate surface area is 405 Å². The van der Waals surface area contributed by atoms with E-state index in [9.17, 15) is 14.4 Å². The third kappa shape index (κ3) is 50.5. The number of carbonyl (C=O) groups excluding carboxylic acids is 3. The van der Waals surface area contributed by atoms with Gasteiger partial charge in [-0.05, 0) is 116 Å². The van der Waals surface area contributed by atoms with Crippen LogP contribution < -0.4 is 0 Å². The predicted molar refractivity (Wildman–Crippen MR) is 283 cm³/mol. The first kappa shape index (κ1) is 61.5. The Morgan fingerprint density at radius 3 is 1.02 bits per heavy atom. The molecule has 0 aromatic carbocycles. The van der Waals surface area contributed by atoms with Gasteiger partial charge in [-0.1, -0.05) is 206 Å². The van der Waals surface area contributed by atoms with E-state index in [1.54, 1.807) is 0 Å². The quantitative estimate of drug-likeness (QED) is 0.0262. The van der Waals surface area contributed by atoms with Gasteiger partial charge < -0.3 is 14.2 Å². The SMILES string of the molecule is CC/C=C\C/C=C\C/C=C\C/C=C\C/C=C\C/C=C\CCC(=O)OC[C@@H](COC(=O)CCCCCCC/C=C\C/C=C\CCCC)OC(=O)CCCCCCC/C=C\C/C=C\C/C=C\CC. The van der Waals surface area contributed by atoms with E-state index in [0.29, 0.717) is 12.8 Å². The molecule has 0 unspecified atom stereocenters. The molecule has 0 aromatic heterocycles. The standard InChI is InChI=1S/C60H94O6/c1-4-7-10-13-16-19-22-25-28-29-30-31-33-35-38-41-44-47-50-53-59(62)65-56-57(55-64-58(61)52-49-46-43-40-37-34-27-24-21-18-15-12-9-6-3)66-60(63)54-51-48-45-42-39-36-32-26-23-20-17-14-11-8-5-2/h7-8,10-11,15-20,24-28,30-32,35,38,44,47,57H,4-6,9,12-14,21-23,29,33-34,36-37,39-43,45-46,48-56H2,1-3H3/b10-7-,11-8-,18-15-,19-16-,20-17-,27-24-,28-25-,31-30-,32-26-,38-35-,47-44-/t57-/m1/s1. The van der Waals surface area contributed by atoms with E-state index in [0.717, 1.165) is 141 Å². The molecule has 0 aliphatic rings. The Balaban J connectivity index is 4.58. The zero-order valence-electron chi connectivity index (χ0n) is 42.1. The molecule has 0 fully saturated rings. The van der Waals surface area contributed by atoms with Crippen LogP contribution in [0.25, 0.3) is 0 Å². The van der Waals surface area contributed by atoms with E-state index in [4.69, 9.17) is 14.2 Å². The van der Waals surface area contributed by atoms with Crippen molar-refractivity contribution in [2.45, 2.75) is 213 Å². The highest BCUT2D eigenvalue weighted by atomic mass is 16.6. The average molecular weight is 911 g/mol. The van der Waals surface area contributed by atoms with E-state index >= 15 is 0 Å². The van der Waals surface area contributed by atoms with Crippen LogP contribution in [0.2, 0.25) is 0 Å². The fourth-order valence-corrected chi connectivity index (χ4v) is 6.50. The second-order valence-electron chi connectivity index (χ2n) is 16.7. The van der Waals surface area contributed by atoms with Crippen LogP contribution in [0, 0.1) is 0 Å². The molecule has 0 aromatic rings. The Kier molecular flexibility index (Phi) is 49.6. The van der Waals surface area contributed by atoms with Gasteiger partial charge in [-0.25, -0.2) is 0 Å². The first-order valence-corrected chi connectivity index (χ1v) is 26.2. The molecular weight excluding hydrogens is 817 g/mol. The van der Waals surface area contributed by atoms with Gasteiger partial charge in [0.15, 0.2) is 6.10 Å². The Bertz CT molecular complexity index is 1460. The van der Waals surface area contributed by atoms with E-state index < -0.39 is 6.10 Å². The first-order chi connectivity index (χ1) is 32.5. The van der Waals surface area contributed by atoms with Gasteiger partial charge in [0.05, 0.1) is 0 Å². The molecule has 0 N–H and O–H groups in total. The van der Waals surface area contributed by atoms with Gasteiger partial charge in [0, 0.05) is 19.3 Å². The topological polar surface area (TPSA) is 78.9 Å². The molecule has 1 atom stereocenters. The third-order valence-corrected chi connectivity index (χ3v) is 10.4. The van der Waals surface area contributed by atoms with E-state index in [2.05, 4.69) is 142 Å². The minimum atomic E-state index is -0.828. The highest BCUT2D eigenvalue weighted by molar-refractivity contribution is 5.71. The Hall–Kier alpha value is -4.45. The van der Waals surface area contributed by atoms with Gasteiger partial charge >= 0.3 is 17.9 Å². The van der Waals surface area contributed by atoms with Crippen molar-refractivity contribution in [2.24, 2.45) is 0 Å². The number of unbranched alkanes of at least 4 members (excludes halogenated alkanes) is 12. The van der Waals surface area contributed by atoms with Crippen molar-refractivity contribution in [3.05, 3.63) is 134 Å². The normalized spacial score (nSPS) is 13.2. The lowest BCUT2D eigenvalue weighted by molar-refractivity contribution is -0.166. The summed E-state index contributed by atoms with van der Waals surface area (Å²) in [6.45, 7) is 6.26. The molecule has 6 nitrogen and oxygen atoms in total. The van der Waals surface area contributed by atoms with Crippen molar-refractivity contribution < 1.29 is 28.6 Å². The summed E-state index contributed by atoms with van der Waals surface area (Å²) in [7, 11) is 0. The third-order valence-electron chi connectivity index (χ3n) is 10.4. The average Bonchev–Trinajstić information content (AvgIpc) is 3.31. The monoisotopic (exact) mass is 911 g/mol. The summed E-state index contributed by atoms with van der Waals surface area (Å²) >= 11 is 0. The lowest BCUT2D eigenvalue weighted by atomic mass is 10.1. The minimum Gasteiger partial charge on any atom is -0.462 e. The van der Waals surface area contributed by atoms with Gasteiger partial charge in [-0.2, -0.15) is 0 Å². The summed E-state index contributed by atoms with van der Waals surface area (Å²) < 4.78 is 16.7. The molecular formula is C60H94O6. The van der Waals surface area contributed by atoms with E-state index in [1.165, 1.54) is 19.3 Å². The summed E-state index contributed by atoms with van der Waals surface area (Å²) in [5.41, 5.74) is 0. The summed E-state index contributed by atoms with van der Waals surface area (Å²) in [6, 6.07) is 0. The van der Waals surface area contributed by atoms with Crippen molar-refractivity contribution in [1.29, 1.82) is 0 Å². The van der Waals surface area contributed by atoms with Crippen LogP contribution in [-0.2, 0) is 28.6 Å². The zero-order chi connectivity index (χ0) is 47.9. The van der Waals surface area contributed by atoms with Gasteiger partial charge in [0.25, 0.3) is 0 Å². The van der Waals surface area contributed by atoms with E-state index in [-0.39, 0.29) is 44.0 Å². The molecule has 0 radical (unpaired) electrons. The molecule has 0 saturated heterocycles. The summed E-state index contributed by atoms with van der Waals surface area (Å²) in [6.07, 6.45) is 74.4.